The minimum absolute atomic E-state index is 0.172. The second-order valence-corrected chi connectivity index (χ2v) is 4.09. The van der Waals surface area contributed by atoms with Gasteiger partial charge in [0.25, 0.3) is 5.56 Å². The van der Waals surface area contributed by atoms with Crippen LogP contribution in [0.1, 0.15) is 16.7 Å². The van der Waals surface area contributed by atoms with Crippen molar-refractivity contribution in [3.8, 4) is 11.9 Å². The molecule has 5 nitrogen and oxygen atoms in total. The maximum Gasteiger partial charge on any atom is 0.269 e. The Labute approximate surface area is 110 Å². The van der Waals surface area contributed by atoms with Crippen molar-refractivity contribution >= 4 is 0 Å². The van der Waals surface area contributed by atoms with Gasteiger partial charge in [0.2, 0.25) is 5.88 Å². The molecular formula is C14H13N3O2. The number of nitrogens with zero attached hydrogens (tertiary/aromatic N) is 3. The highest BCUT2D eigenvalue weighted by Crippen LogP contribution is 2.14. The van der Waals surface area contributed by atoms with Gasteiger partial charge in [-0.1, -0.05) is 6.07 Å². The molecule has 0 fully saturated rings. The lowest BCUT2D eigenvalue weighted by molar-refractivity contribution is 0.391. The van der Waals surface area contributed by atoms with E-state index in [9.17, 15) is 4.79 Å². The molecule has 96 valence electrons. The first-order valence-corrected chi connectivity index (χ1v) is 5.75. The van der Waals surface area contributed by atoms with Gasteiger partial charge in [-0.2, -0.15) is 5.26 Å². The lowest BCUT2D eigenvalue weighted by Gasteiger charge is -2.10. The normalized spacial score (nSPS) is 9.95. The van der Waals surface area contributed by atoms with Crippen LogP contribution in [0.5, 0.6) is 5.88 Å². The highest BCUT2D eigenvalue weighted by atomic mass is 16.5. The molecule has 2 rings (SSSR count). The van der Waals surface area contributed by atoms with E-state index < -0.39 is 0 Å². The second-order valence-electron chi connectivity index (χ2n) is 4.09. The fourth-order valence-electron chi connectivity index (χ4n) is 1.84. The van der Waals surface area contributed by atoms with E-state index in [0.29, 0.717) is 18.0 Å². The minimum atomic E-state index is -0.298. The summed E-state index contributed by atoms with van der Waals surface area (Å²) < 4.78 is 6.62. The van der Waals surface area contributed by atoms with Crippen molar-refractivity contribution in [2.24, 2.45) is 0 Å². The van der Waals surface area contributed by atoms with Crippen LogP contribution < -0.4 is 10.3 Å². The summed E-state index contributed by atoms with van der Waals surface area (Å²) in [5.41, 5.74) is 1.35. The molecule has 0 atom stereocenters. The van der Waals surface area contributed by atoms with Crippen molar-refractivity contribution in [3.63, 3.8) is 0 Å². The van der Waals surface area contributed by atoms with Gasteiger partial charge in [-0.05, 0) is 24.6 Å². The minimum Gasteiger partial charge on any atom is -0.481 e. The SMILES string of the molecule is COc1ncccc1Cn1ccc(C)c(C#N)c1=O. The molecule has 0 amide bonds. The smallest absolute Gasteiger partial charge is 0.269 e. The number of methoxy groups -OCH3 is 1. The van der Waals surface area contributed by atoms with Crippen LogP contribution in [0.2, 0.25) is 0 Å². The zero-order valence-electron chi connectivity index (χ0n) is 10.8. The predicted octanol–water partition coefficient (Wildman–Crippen LogP) is 1.48. The van der Waals surface area contributed by atoms with Gasteiger partial charge in [-0.3, -0.25) is 4.79 Å². The van der Waals surface area contributed by atoms with Crippen LogP contribution in [0.25, 0.3) is 0 Å². The maximum atomic E-state index is 12.1. The van der Waals surface area contributed by atoms with Crippen LogP contribution in [0.3, 0.4) is 0 Å². The molecular weight excluding hydrogens is 242 g/mol. The molecule has 0 bridgehead atoms. The first kappa shape index (κ1) is 12.8. The fourth-order valence-corrected chi connectivity index (χ4v) is 1.84. The maximum absolute atomic E-state index is 12.1. The van der Waals surface area contributed by atoms with Gasteiger partial charge in [0.05, 0.1) is 13.7 Å². The van der Waals surface area contributed by atoms with Gasteiger partial charge in [0, 0.05) is 18.0 Å². The zero-order chi connectivity index (χ0) is 13.8. The van der Waals surface area contributed by atoms with Gasteiger partial charge in [0.15, 0.2) is 0 Å². The van der Waals surface area contributed by atoms with E-state index in [0.717, 1.165) is 5.56 Å². The van der Waals surface area contributed by atoms with Gasteiger partial charge in [-0.25, -0.2) is 4.98 Å². The topological polar surface area (TPSA) is 67.9 Å². The highest BCUT2D eigenvalue weighted by molar-refractivity contribution is 5.34. The summed E-state index contributed by atoms with van der Waals surface area (Å²) in [5.74, 6) is 0.480. The third kappa shape index (κ3) is 2.47. The molecule has 0 aliphatic carbocycles. The van der Waals surface area contributed by atoms with Gasteiger partial charge >= 0.3 is 0 Å². The average molecular weight is 255 g/mol. The number of aryl methyl sites for hydroxylation is 1. The number of rotatable bonds is 3. The predicted molar refractivity (Wildman–Crippen MR) is 70.0 cm³/mol. The largest absolute Gasteiger partial charge is 0.481 e. The summed E-state index contributed by atoms with van der Waals surface area (Å²) in [4.78, 5) is 16.2. The molecule has 2 heterocycles. The van der Waals surface area contributed by atoms with E-state index in [1.165, 1.54) is 11.7 Å². The molecule has 2 aromatic rings. The van der Waals surface area contributed by atoms with Gasteiger partial charge in [-0.15, -0.1) is 0 Å². The van der Waals surface area contributed by atoms with Crippen LogP contribution in [-0.4, -0.2) is 16.7 Å². The monoisotopic (exact) mass is 255 g/mol. The van der Waals surface area contributed by atoms with E-state index in [-0.39, 0.29) is 11.1 Å². The van der Waals surface area contributed by atoms with Crippen molar-refractivity contribution in [1.82, 2.24) is 9.55 Å². The molecule has 0 aliphatic heterocycles. The Balaban J connectivity index is 2.45. The van der Waals surface area contributed by atoms with E-state index in [1.54, 1.807) is 31.5 Å². The number of hydrogen-bond donors (Lipinski definition) is 0. The summed E-state index contributed by atoms with van der Waals surface area (Å²) in [6, 6.07) is 7.31. The first-order valence-electron chi connectivity index (χ1n) is 5.75. The van der Waals surface area contributed by atoms with Crippen molar-refractivity contribution < 1.29 is 4.74 Å². The molecule has 2 aromatic heterocycles. The third-order valence-electron chi connectivity index (χ3n) is 2.87. The molecule has 0 N–H and O–H groups in total. The molecule has 0 spiro atoms. The van der Waals surface area contributed by atoms with Crippen LogP contribution in [0.4, 0.5) is 0 Å². The van der Waals surface area contributed by atoms with E-state index in [1.807, 2.05) is 12.1 Å². The number of nitriles is 1. The number of hydrogen-bond acceptors (Lipinski definition) is 4. The van der Waals surface area contributed by atoms with Gasteiger partial charge < -0.3 is 9.30 Å². The Kier molecular flexibility index (Phi) is 3.62. The van der Waals surface area contributed by atoms with E-state index in [2.05, 4.69) is 4.98 Å². The summed E-state index contributed by atoms with van der Waals surface area (Å²) in [6.45, 7) is 2.07. The number of aromatic nitrogens is 2. The van der Waals surface area contributed by atoms with E-state index >= 15 is 0 Å². The second kappa shape index (κ2) is 5.36. The Morgan fingerprint density at radius 1 is 1.47 bits per heavy atom. The molecule has 0 saturated heterocycles. The summed E-state index contributed by atoms with van der Waals surface area (Å²) in [5, 5.41) is 8.99. The van der Waals surface area contributed by atoms with Crippen molar-refractivity contribution in [1.29, 1.82) is 5.26 Å². The standard InChI is InChI=1S/C14H13N3O2/c1-10-5-7-17(14(18)12(10)8-15)9-11-4-3-6-16-13(11)19-2/h3-7H,9H2,1-2H3. The van der Waals surface area contributed by atoms with Crippen LogP contribution in [0.15, 0.2) is 35.4 Å². The molecule has 0 aliphatic rings. The van der Waals surface area contributed by atoms with Crippen molar-refractivity contribution in [2.75, 3.05) is 7.11 Å². The Bertz CT molecular complexity index is 699. The molecule has 0 unspecified atom stereocenters. The quantitative estimate of drug-likeness (QED) is 0.833. The number of pyridine rings is 2. The number of ether oxygens (including phenoxy) is 1. The van der Waals surface area contributed by atoms with Crippen molar-refractivity contribution in [2.45, 2.75) is 13.5 Å². The van der Waals surface area contributed by atoms with Gasteiger partial charge in [0.1, 0.15) is 11.6 Å². The molecule has 5 heteroatoms. The van der Waals surface area contributed by atoms with Crippen molar-refractivity contribution in [3.05, 3.63) is 57.6 Å². The summed E-state index contributed by atoms with van der Waals surface area (Å²) in [7, 11) is 1.53. The lowest BCUT2D eigenvalue weighted by Crippen LogP contribution is -2.23. The Hall–Kier alpha value is -2.61. The molecule has 0 saturated carbocycles. The van der Waals surface area contributed by atoms with E-state index in [4.69, 9.17) is 10.00 Å². The average Bonchev–Trinajstić information content (AvgIpc) is 2.43. The fraction of sp³-hybridized carbons (Fsp3) is 0.214. The Morgan fingerprint density at radius 3 is 2.95 bits per heavy atom. The summed E-state index contributed by atoms with van der Waals surface area (Å²) >= 11 is 0. The highest BCUT2D eigenvalue weighted by Gasteiger charge is 2.09. The van der Waals surface area contributed by atoms with Crippen LogP contribution in [0, 0.1) is 18.3 Å². The summed E-state index contributed by atoms with van der Waals surface area (Å²) in [6.07, 6.45) is 3.30. The molecule has 19 heavy (non-hydrogen) atoms. The van der Waals surface area contributed by atoms with Crippen LogP contribution >= 0.6 is 0 Å². The zero-order valence-corrected chi connectivity index (χ0v) is 10.8. The lowest BCUT2D eigenvalue weighted by atomic mass is 10.1. The molecule has 0 aromatic carbocycles. The van der Waals surface area contributed by atoms with Crippen LogP contribution in [-0.2, 0) is 6.54 Å². The molecule has 0 radical (unpaired) electrons. The third-order valence-corrected chi connectivity index (χ3v) is 2.87. The first-order chi connectivity index (χ1) is 9.17. The Morgan fingerprint density at radius 2 is 2.26 bits per heavy atom.